The first-order valence-electron chi connectivity index (χ1n) is 8.18. The summed E-state index contributed by atoms with van der Waals surface area (Å²) in [4.78, 5) is 25.1. The Morgan fingerprint density at radius 1 is 1.46 bits per heavy atom. The molecule has 2 aromatic heterocycles. The van der Waals surface area contributed by atoms with Gasteiger partial charge in [0.1, 0.15) is 11.9 Å². The van der Waals surface area contributed by atoms with Gasteiger partial charge in [-0.3, -0.25) is 4.57 Å². The van der Waals surface area contributed by atoms with Crippen molar-refractivity contribution in [3.63, 3.8) is 0 Å². The zero-order chi connectivity index (χ0) is 19.2. The third-order valence-electron chi connectivity index (χ3n) is 3.34. The van der Waals surface area contributed by atoms with Crippen LogP contribution in [0.3, 0.4) is 0 Å². The Balaban J connectivity index is 1.90. The number of hydrogen-bond donors (Lipinski definition) is 1. The van der Waals surface area contributed by atoms with Gasteiger partial charge >= 0.3 is 11.8 Å². The van der Waals surface area contributed by atoms with Crippen molar-refractivity contribution in [3.05, 3.63) is 51.1 Å². The second-order valence-corrected chi connectivity index (χ2v) is 7.75. The van der Waals surface area contributed by atoms with Crippen molar-refractivity contribution >= 4 is 17.4 Å². The Kier molecular flexibility index (Phi) is 6.73. The molecule has 0 fully saturated rings. The summed E-state index contributed by atoms with van der Waals surface area (Å²) in [6.07, 6.45) is 1.89. The minimum atomic E-state index is -0.648. The molecule has 2 heterocycles. The van der Waals surface area contributed by atoms with Crippen LogP contribution in [0.25, 0.3) is 0 Å². The number of thiophene rings is 1. The van der Waals surface area contributed by atoms with Gasteiger partial charge in [0.05, 0.1) is 12.9 Å². The van der Waals surface area contributed by atoms with Gasteiger partial charge in [0, 0.05) is 18.0 Å². The van der Waals surface area contributed by atoms with Gasteiger partial charge in [-0.25, -0.2) is 18.7 Å². The zero-order valence-corrected chi connectivity index (χ0v) is 15.9. The Morgan fingerprint density at radius 3 is 2.85 bits per heavy atom. The molecular weight excluding hydrogens is 359 g/mol. The van der Waals surface area contributed by atoms with Crippen LogP contribution in [-0.4, -0.2) is 32.6 Å². The molecule has 0 atom stereocenters. The molecule has 9 heteroatoms. The first-order chi connectivity index (χ1) is 12.3. The average molecular weight is 382 g/mol. The van der Waals surface area contributed by atoms with Crippen molar-refractivity contribution in [3.8, 4) is 0 Å². The van der Waals surface area contributed by atoms with Gasteiger partial charge in [-0.2, -0.15) is 5.10 Å². The Morgan fingerprint density at radius 2 is 2.23 bits per heavy atom. The molecular formula is C17H23FN4O3S. The molecule has 142 valence electrons. The van der Waals surface area contributed by atoms with Crippen molar-refractivity contribution < 1.29 is 13.9 Å². The van der Waals surface area contributed by atoms with Gasteiger partial charge in [0.2, 0.25) is 0 Å². The zero-order valence-electron chi connectivity index (χ0n) is 15.1. The summed E-state index contributed by atoms with van der Waals surface area (Å²) < 4.78 is 20.8. The largest absolute Gasteiger partial charge is 0.444 e. The summed E-state index contributed by atoms with van der Waals surface area (Å²) in [6, 6.07) is 3.97. The highest BCUT2D eigenvalue weighted by atomic mass is 32.1. The normalized spacial score (nSPS) is 12.2. The van der Waals surface area contributed by atoms with Crippen LogP contribution in [0, 0.1) is 0 Å². The SMILES string of the molecule is CC(C)(C)OC(=O)NC/C(=C/F)Cn1ncn(CCc2cccs2)c1=O. The van der Waals surface area contributed by atoms with Crippen molar-refractivity contribution in [2.24, 2.45) is 0 Å². The van der Waals surface area contributed by atoms with Crippen LogP contribution < -0.4 is 11.0 Å². The second-order valence-electron chi connectivity index (χ2n) is 6.72. The molecule has 7 nitrogen and oxygen atoms in total. The molecule has 0 spiro atoms. The third kappa shape index (κ3) is 6.14. The molecule has 26 heavy (non-hydrogen) atoms. The smallest absolute Gasteiger partial charge is 0.407 e. The quantitative estimate of drug-likeness (QED) is 0.799. The van der Waals surface area contributed by atoms with Gasteiger partial charge in [0.15, 0.2) is 0 Å². The van der Waals surface area contributed by atoms with E-state index in [1.807, 2.05) is 17.5 Å². The number of amides is 1. The molecule has 0 unspecified atom stereocenters. The number of halogens is 1. The number of aryl methyl sites for hydroxylation is 2. The first-order valence-corrected chi connectivity index (χ1v) is 9.06. The second kappa shape index (κ2) is 8.79. The predicted octanol–water partition coefficient (Wildman–Crippen LogP) is 2.73. The summed E-state index contributed by atoms with van der Waals surface area (Å²) in [5, 5.41) is 8.46. The maximum atomic E-state index is 13.1. The third-order valence-corrected chi connectivity index (χ3v) is 4.28. The van der Waals surface area contributed by atoms with E-state index in [9.17, 15) is 14.0 Å². The van der Waals surface area contributed by atoms with Crippen LogP contribution in [0.4, 0.5) is 9.18 Å². The molecule has 0 aliphatic carbocycles. The summed E-state index contributed by atoms with van der Waals surface area (Å²) in [5.41, 5.74) is -0.748. The fourth-order valence-corrected chi connectivity index (χ4v) is 2.84. The fraction of sp³-hybridized carbons (Fsp3) is 0.471. The van der Waals surface area contributed by atoms with Crippen molar-refractivity contribution in [2.75, 3.05) is 6.54 Å². The molecule has 1 amide bonds. The Hall–Kier alpha value is -2.42. The van der Waals surface area contributed by atoms with Crippen molar-refractivity contribution in [2.45, 2.75) is 45.9 Å². The van der Waals surface area contributed by atoms with Crippen LogP contribution >= 0.6 is 11.3 Å². The minimum absolute atomic E-state index is 0.0445. The van der Waals surface area contributed by atoms with Crippen LogP contribution in [0.15, 0.2) is 40.5 Å². The molecule has 0 bridgehead atoms. The van der Waals surface area contributed by atoms with Gasteiger partial charge in [-0.05, 0) is 44.2 Å². The topological polar surface area (TPSA) is 78.2 Å². The molecule has 0 aliphatic heterocycles. The highest BCUT2D eigenvalue weighted by molar-refractivity contribution is 7.09. The van der Waals surface area contributed by atoms with E-state index in [1.165, 1.54) is 15.8 Å². The number of alkyl carbamates (subject to hydrolysis) is 1. The van der Waals surface area contributed by atoms with Crippen LogP contribution in [0.5, 0.6) is 0 Å². The molecule has 0 saturated heterocycles. The van der Waals surface area contributed by atoms with E-state index >= 15 is 0 Å². The van der Waals surface area contributed by atoms with Gasteiger partial charge in [-0.1, -0.05) is 6.07 Å². The number of carbonyl (C=O) groups is 1. The molecule has 1 N–H and O–H groups in total. The fourth-order valence-electron chi connectivity index (χ4n) is 2.14. The van der Waals surface area contributed by atoms with E-state index < -0.39 is 11.7 Å². The highest BCUT2D eigenvalue weighted by Crippen LogP contribution is 2.09. The van der Waals surface area contributed by atoms with Crippen LogP contribution in [0.2, 0.25) is 0 Å². The van der Waals surface area contributed by atoms with Crippen LogP contribution in [0.1, 0.15) is 25.6 Å². The molecule has 0 saturated carbocycles. The molecule has 2 aromatic rings. The highest BCUT2D eigenvalue weighted by Gasteiger charge is 2.16. The number of nitrogens with one attached hydrogen (secondary N) is 1. The summed E-state index contributed by atoms with van der Waals surface area (Å²) in [7, 11) is 0. The monoisotopic (exact) mass is 382 g/mol. The lowest BCUT2D eigenvalue weighted by Gasteiger charge is -2.19. The van der Waals surface area contributed by atoms with Crippen LogP contribution in [-0.2, 0) is 24.2 Å². The molecule has 0 radical (unpaired) electrons. The Labute approximate surface area is 155 Å². The number of rotatable bonds is 7. The van der Waals surface area contributed by atoms with E-state index in [2.05, 4.69) is 10.4 Å². The average Bonchev–Trinajstić information content (AvgIpc) is 3.18. The van der Waals surface area contributed by atoms with Gasteiger partial charge in [-0.15, -0.1) is 11.3 Å². The number of hydrogen-bond acceptors (Lipinski definition) is 5. The lowest BCUT2D eigenvalue weighted by Crippen LogP contribution is -2.34. The maximum Gasteiger partial charge on any atom is 0.407 e. The lowest BCUT2D eigenvalue weighted by atomic mass is 10.2. The minimum Gasteiger partial charge on any atom is -0.444 e. The maximum absolute atomic E-state index is 13.1. The summed E-state index contributed by atoms with van der Waals surface area (Å²) >= 11 is 1.63. The van der Waals surface area contributed by atoms with Gasteiger partial charge in [0.25, 0.3) is 0 Å². The number of carbonyl (C=O) groups excluding carboxylic acids is 1. The predicted molar refractivity (Wildman–Crippen MR) is 97.9 cm³/mol. The lowest BCUT2D eigenvalue weighted by molar-refractivity contribution is 0.0532. The van der Waals surface area contributed by atoms with Crippen molar-refractivity contribution in [1.82, 2.24) is 19.7 Å². The number of ether oxygens (including phenoxy) is 1. The number of aromatic nitrogens is 3. The standard InChI is InChI=1S/C17H23FN4O3S/c1-17(2,3)25-15(23)19-10-13(9-18)11-22-16(24)21(12-20-22)7-6-14-5-4-8-26-14/h4-5,8-9,12H,6-7,10-11H2,1-3H3,(H,19,23)/b13-9-. The van der Waals surface area contributed by atoms with E-state index in [0.717, 1.165) is 11.1 Å². The van der Waals surface area contributed by atoms with E-state index in [0.29, 0.717) is 12.9 Å². The summed E-state index contributed by atoms with van der Waals surface area (Å²) in [5.74, 6) is 0. The molecule has 0 aliphatic rings. The van der Waals surface area contributed by atoms with E-state index in [1.54, 1.807) is 32.1 Å². The van der Waals surface area contributed by atoms with Gasteiger partial charge < -0.3 is 10.1 Å². The number of nitrogens with zero attached hydrogens (tertiary/aromatic N) is 3. The summed E-state index contributed by atoms with van der Waals surface area (Å²) in [6.45, 7) is 5.60. The van der Waals surface area contributed by atoms with Crippen molar-refractivity contribution in [1.29, 1.82) is 0 Å². The van der Waals surface area contributed by atoms with E-state index in [-0.39, 0.29) is 24.4 Å². The molecule has 2 rings (SSSR count). The molecule has 0 aromatic carbocycles. The first kappa shape index (κ1) is 19.9. The van der Waals surface area contributed by atoms with E-state index in [4.69, 9.17) is 4.74 Å². The Bertz CT molecular complexity index is 803.